The van der Waals surface area contributed by atoms with Gasteiger partial charge in [0.05, 0.1) is 5.60 Å². The van der Waals surface area contributed by atoms with Crippen molar-refractivity contribution in [3.8, 4) is 0 Å². The van der Waals surface area contributed by atoms with Crippen molar-refractivity contribution < 1.29 is 9.90 Å². The Bertz CT molecular complexity index is 459. The number of nitrogens with two attached hydrogens (primary N) is 1. The molecule has 1 aliphatic rings. The Morgan fingerprint density at radius 3 is 2.50 bits per heavy atom. The minimum absolute atomic E-state index is 0.0133. The molecule has 4 heteroatoms. The molecule has 0 saturated carbocycles. The minimum atomic E-state index is -0.554. The molecule has 1 fully saturated rings. The third-order valence-corrected chi connectivity index (χ3v) is 3.62. The summed E-state index contributed by atoms with van der Waals surface area (Å²) in [5.74, 6) is -0.0133. The Hall–Kier alpha value is -1.55. The predicted molar refractivity (Wildman–Crippen MR) is 72.9 cm³/mol. The van der Waals surface area contributed by atoms with Crippen molar-refractivity contribution in [1.29, 1.82) is 0 Å². The summed E-state index contributed by atoms with van der Waals surface area (Å²) in [6, 6.07) is 5.55. The monoisotopic (exact) mass is 248 g/mol. The lowest BCUT2D eigenvalue weighted by Gasteiger charge is -2.37. The van der Waals surface area contributed by atoms with Crippen molar-refractivity contribution in [2.45, 2.75) is 32.3 Å². The Balaban J connectivity index is 2.16. The number of carbonyl (C=O) groups is 1. The van der Waals surface area contributed by atoms with Gasteiger partial charge in [0, 0.05) is 30.0 Å². The standard InChI is InChI=1S/C14H20N2O2/c1-10(17)12-4-3-11(9-13(12)15)16-7-5-14(2,18)6-8-16/h3-4,9,18H,5-8,15H2,1-2H3. The summed E-state index contributed by atoms with van der Waals surface area (Å²) in [5.41, 5.74) is 7.45. The number of rotatable bonds is 2. The average Bonchev–Trinajstić information content (AvgIpc) is 2.28. The van der Waals surface area contributed by atoms with E-state index in [0.29, 0.717) is 11.3 Å². The van der Waals surface area contributed by atoms with Gasteiger partial charge in [-0.25, -0.2) is 0 Å². The number of nitrogens with zero attached hydrogens (tertiary/aromatic N) is 1. The van der Waals surface area contributed by atoms with E-state index < -0.39 is 5.60 Å². The Labute approximate surface area is 107 Å². The normalized spacial score (nSPS) is 18.7. The molecule has 3 N–H and O–H groups in total. The van der Waals surface area contributed by atoms with Crippen LogP contribution in [0.3, 0.4) is 0 Å². The third kappa shape index (κ3) is 2.64. The van der Waals surface area contributed by atoms with Crippen molar-refractivity contribution in [2.24, 2.45) is 0 Å². The quantitative estimate of drug-likeness (QED) is 0.619. The maximum Gasteiger partial charge on any atom is 0.161 e. The fourth-order valence-electron chi connectivity index (χ4n) is 2.31. The number of aliphatic hydroxyl groups is 1. The van der Waals surface area contributed by atoms with E-state index in [1.807, 2.05) is 19.1 Å². The smallest absolute Gasteiger partial charge is 0.161 e. The van der Waals surface area contributed by atoms with E-state index in [0.717, 1.165) is 31.6 Å². The molecule has 0 atom stereocenters. The SMILES string of the molecule is CC(=O)c1ccc(N2CCC(C)(O)CC2)cc1N. The number of hydrogen-bond acceptors (Lipinski definition) is 4. The first-order valence-corrected chi connectivity index (χ1v) is 6.27. The summed E-state index contributed by atoms with van der Waals surface area (Å²) in [4.78, 5) is 13.5. The van der Waals surface area contributed by atoms with Crippen molar-refractivity contribution in [3.63, 3.8) is 0 Å². The van der Waals surface area contributed by atoms with Gasteiger partial charge in [0.1, 0.15) is 0 Å². The molecule has 0 radical (unpaired) electrons. The van der Waals surface area contributed by atoms with Crippen LogP contribution in [0.15, 0.2) is 18.2 Å². The highest BCUT2D eigenvalue weighted by Crippen LogP contribution is 2.28. The van der Waals surface area contributed by atoms with Crippen LogP contribution in [0, 0.1) is 0 Å². The van der Waals surface area contributed by atoms with Crippen LogP contribution in [0.1, 0.15) is 37.0 Å². The Kier molecular flexibility index (Phi) is 3.30. The number of hydrogen-bond donors (Lipinski definition) is 2. The summed E-state index contributed by atoms with van der Waals surface area (Å²) in [6.07, 6.45) is 1.50. The van der Waals surface area contributed by atoms with Gasteiger partial charge in [-0.05, 0) is 44.9 Å². The second-order valence-corrected chi connectivity index (χ2v) is 5.31. The van der Waals surface area contributed by atoms with E-state index in [-0.39, 0.29) is 5.78 Å². The van der Waals surface area contributed by atoms with Gasteiger partial charge in [-0.15, -0.1) is 0 Å². The van der Waals surface area contributed by atoms with Crippen LogP contribution in [-0.4, -0.2) is 29.6 Å². The number of carbonyl (C=O) groups excluding carboxylic acids is 1. The zero-order chi connectivity index (χ0) is 13.3. The molecule has 2 rings (SSSR count). The largest absolute Gasteiger partial charge is 0.398 e. The highest BCUT2D eigenvalue weighted by molar-refractivity contribution is 5.99. The topological polar surface area (TPSA) is 66.6 Å². The molecule has 1 heterocycles. The third-order valence-electron chi connectivity index (χ3n) is 3.62. The molecule has 0 spiro atoms. The van der Waals surface area contributed by atoms with Gasteiger partial charge < -0.3 is 15.7 Å². The highest BCUT2D eigenvalue weighted by atomic mass is 16.3. The summed E-state index contributed by atoms with van der Waals surface area (Å²) in [6.45, 7) is 5.01. The fourth-order valence-corrected chi connectivity index (χ4v) is 2.31. The lowest BCUT2D eigenvalue weighted by atomic mass is 9.93. The molecule has 98 valence electrons. The Morgan fingerprint density at radius 2 is 2.00 bits per heavy atom. The maximum absolute atomic E-state index is 11.3. The average molecular weight is 248 g/mol. The molecule has 0 aliphatic carbocycles. The molecule has 1 saturated heterocycles. The number of benzene rings is 1. The second-order valence-electron chi connectivity index (χ2n) is 5.31. The number of anilines is 2. The molecule has 0 unspecified atom stereocenters. The van der Waals surface area contributed by atoms with Crippen molar-refractivity contribution >= 4 is 17.2 Å². The van der Waals surface area contributed by atoms with Crippen LogP contribution >= 0.6 is 0 Å². The van der Waals surface area contributed by atoms with Crippen LogP contribution in [0.25, 0.3) is 0 Å². The summed E-state index contributed by atoms with van der Waals surface area (Å²) in [7, 11) is 0. The van der Waals surface area contributed by atoms with Gasteiger partial charge in [-0.2, -0.15) is 0 Å². The lowest BCUT2D eigenvalue weighted by Crippen LogP contribution is -2.42. The first-order valence-electron chi connectivity index (χ1n) is 6.27. The first kappa shape index (κ1) is 12.9. The number of ketones is 1. The van der Waals surface area contributed by atoms with Gasteiger partial charge in [0.15, 0.2) is 5.78 Å². The number of nitrogen functional groups attached to an aromatic ring is 1. The molecule has 0 bridgehead atoms. The Morgan fingerprint density at radius 1 is 1.39 bits per heavy atom. The van der Waals surface area contributed by atoms with Gasteiger partial charge in [0.2, 0.25) is 0 Å². The van der Waals surface area contributed by atoms with Crippen molar-refractivity contribution in [2.75, 3.05) is 23.7 Å². The predicted octanol–water partition coefficient (Wildman–Crippen LogP) is 1.82. The van der Waals surface area contributed by atoms with E-state index in [9.17, 15) is 9.90 Å². The van der Waals surface area contributed by atoms with Gasteiger partial charge in [-0.3, -0.25) is 4.79 Å². The molecule has 4 nitrogen and oxygen atoms in total. The van der Waals surface area contributed by atoms with E-state index in [1.54, 1.807) is 6.07 Å². The van der Waals surface area contributed by atoms with Crippen LogP contribution in [0.2, 0.25) is 0 Å². The molecule has 0 amide bonds. The van der Waals surface area contributed by atoms with Gasteiger partial charge in [-0.1, -0.05) is 0 Å². The van der Waals surface area contributed by atoms with Crippen LogP contribution in [0.4, 0.5) is 11.4 Å². The van der Waals surface area contributed by atoms with Crippen molar-refractivity contribution in [3.05, 3.63) is 23.8 Å². The van der Waals surface area contributed by atoms with E-state index >= 15 is 0 Å². The zero-order valence-electron chi connectivity index (χ0n) is 10.9. The molecule has 18 heavy (non-hydrogen) atoms. The van der Waals surface area contributed by atoms with Crippen LogP contribution < -0.4 is 10.6 Å². The van der Waals surface area contributed by atoms with E-state index in [2.05, 4.69) is 4.90 Å². The van der Waals surface area contributed by atoms with Crippen LogP contribution in [-0.2, 0) is 0 Å². The van der Waals surface area contributed by atoms with Gasteiger partial charge in [0.25, 0.3) is 0 Å². The highest BCUT2D eigenvalue weighted by Gasteiger charge is 2.27. The van der Waals surface area contributed by atoms with Crippen LogP contribution in [0.5, 0.6) is 0 Å². The molecule has 1 aromatic carbocycles. The number of piperidine rings is 1. The zero-order valence-corrected chi connectivity index (χ0v) is 10.9. The first-order chi connectivity index (χ1) is 8.39. The van der Waals surface area contributed by atoms with Gasteiger partial charge >= 0.3 is 0 Å². The fraction of sp³-hybridized carbons (Fsp3) is 0.500. The maximum atomic E-state index is 11.3. The van der Waals surface area contributed by atoms with E-state index in [1.165, 1.54) is 6.92 Å². The molecule has 1 aliphatic heterocycles. The molecular weight excluding hydrogens is 228 g/mol. The lowest BCUT2D eigenvalue weighted by molar-refractivity contribution is 0.0351. The molecule has 1 aromatic rings. The second kappa shape index (κ2) is 4.61. The van der Waals surface area contributed by atoms with Crippen molar-refractivity contribution in [1.82, 2.24) is 0 Å². The molecular formula is C14H20N2O2. The number of Topliss-reactive ketones (excluding diaryl/α,β-unsaturated/α-hetero) is 1. The summed E-state index contributed by atoms with van der Waals surface area (Å²) >= 11 is 0. The van der Waals surface area contributed by atoms with E-state index in [4.69, 9.17) is 5.73 Å². The summed E-state index contributed by atoms with van der Waals surface area (Å²) < 4.78 is 0. The summed E-state index contributed by atoms with van der Waals surface area (Å²) in [5, 5.41) is 9.91. The molecule has 0 aromatic heterocycles. The minimum Gasteiger partial charge on any atom is -0.398 e.